The number of nitrogens with zero attached hydrogens (tertiary/aromatic N) is 8. The predicted molar refractivity (Wildman–Crippen MR) is 441 cm³/mol. The van der Waals surface area contributed by atoms with Crippen molar-refractivity contribution >= 4 is 82.9 Å². The second-order valence-corrected chi connectivity index (χ2v) is 29.5. The number of amides is 6. The fraction of sp³-hybridized carbons (Fsp3) is 0.395. The van der Waals surface area contributed by atoms with Crippen molar-refractivity contribution in [3.05, 3.63) is 189 Å². The van der Waals surface area contributed by atoms with Crippen LogP contribution < -0.4 is 60.6 Å². The Hall–Kier alpha value is -11.8. The van der Waals surface area contributed by atoms with Crippen LogP contribution in [0.2, 0.25) is 0 Å². The number of alkyl carbamates (subject to hydrolysis) is 2. The van der Waals surface area contributed by atoms with Gasteiger partial charge in [0.2, 0.25) is 47.1 Å². The summed E-state index contributed by atoms with van der Waals surface area (Å²) < 4.78 is 44.8. The molecule has 0 saturated carbocycles. The van der Waals surface area contributed by atoms with Crippen molar-refractivity contribution < 1.29 is 86.5 Å². The maximum atomic E-state index is 12.5. The zero-order valence-corrected chi connectivity index (χ0v) is 69.1. The number of hydrogen-bond donors (Lipinski definition) is 6. The molecule has 4 aliphatic rings. The van der Waals surface area contributed by atoms with Gasteiger partial charge in [-0.05, 0) is 204 Å². The third-order valence-electron chi connectivity index (χ3n) is 17.9. The molecule has 0 bridgehead atoms. The van der Waals surface area contributed by atoms with Crippen molar-refractivity contribution in [1.82, 2.24) is 30.6 Å². The van der Waals surface area contributed by atoms with E-state index in [1.807, 2.05) is 127 Å². The van der Waals surface area contributed by atoms with Gasteiger partial charge in [-0.2, -0.15) is 0 Å². The predicted octanol–water partition coefficient (Wildman–Crippen LogP) is 12.3. The molecule has 4 aliphatic heterocycles. The van der Waals surface area contributed by atoms with Gasteiger partial charge >= 0.3 is 24.1 Å². The van der Waals surface area contributed by atoms with Crippen molar-refractivity contribution in [2.45, 2.75) is 172 Å². The molecule has 8 N–H and O–H groups in total. The van der Waals surface area contributed by atoms with E-state index in [2.05, 4.69) is 30.6 Å². The summed E-state index contributed by atoms with van der Waals surface area (Å²) in [5.74, 6) is 3.08. The summed E-state index contributed by atoms with van der Waals surface area (Å²) in [5, 5.41) is 24.0. The van der Waals surface area contributed by atoms with Gasteiger partial charge < -0.3 is 89.8 Å². The number of fused-ring (bicyclic) bond motifs is 4. The Labute approximate surface area is 687 Å². The Balaban J connectivity index is 0.000000196. The Morgan fingerprint density at radius 3 is 0.940 bits per heavy atom. The molecule has 0 unspecified atom stereocenters. The topological polar surface area (TPSA) is 391 Å². The highest BCUT2D eigenvalue weighted by atomic mass is 35.5. The first-order valence-electron chi connectivity index (χ1n) is 38.5. The first-order valence-corrected chi connectivity index (χ1v) is 38.5. The van der Waals surface area contributed by atoms with Crippen molar-refractivity contribution in [2.24, 2.45) is 11.5 Å². The highest BCUT2D eigenvalue weighted by molar-refractivity contribution is 6.02. The van der Waals surface area contributed by atoms with Crippen LogP contribution in [0.4, 0.5) is 32.3 Å². The van der Waals surface area contributed by atoms with Crippen LogP contribution in [0.1, 0.15) is 148 Å². The molecule has 0 saturated heterocycles. The van der Waals surface area contributed by atoms with Crippen LogP contribution >= 0.6 is 12.4 Å². The maximum absolute atomic E-state index is 12.5. The fourth-order valence-corrected chi connectivity index (χ4v) is 13.2. The normalized spacial score (nSPS) is 13.3. The number of esters is 2. The van der Waals surface area contributed by atoms with Crippen LogP contribution in [0, 0.1) is 27.7 Å². The zero-order chi connectivity index (χ0) is 84.0. The number of pyridine rings is 4. The van der Waals surface area contributed by atoms with Gasteiger partial charge in [0.1, 0.15) is 47.3 Å². The summed E-state index contributed by atoms with van der Waals surface area (Å²) >= 11 is 0. The standard InChI is InChI=1S/C25H31N3O6.C23H29N3O5.C20H23N3O4.C18H21N3O3.ClH/c1-6-32-23(30)15-28-19-8-7-9-20(18(19)10-11-22(28)29)33-21-13-17(12-16(2)27-21)14-26-24(31)34-25(3,4)5;1-15-12-16(14-24-22(29)31-23(2,3)4)13-20(25-15)30-19-7-5-6-18-17(19)8-9-21(28)26(18)10-11-27;1-3-26-20(25)12-23-16-5-4-6-17(15(16)7-8-19(23)24)27-18-10-14(11-21)9-13(2)22-18;1-12-9-13(11-19)10-17(20-12)24-16-4-2-3-15-14(16)5-6-18(23)21(15)7-8-22;/h7-9,12-13H,6,10-11,14-15H2,1-5H3,(H,26,31);5-7,12-13,27H,8-11,14H2,1-4H3,(H,24,29);4-6,9-10H,3,7-8,11-12,21H2,1-2H3;2-4,9-10,22H,5-8,11,19H2,1H3;1H. The van der Waals surface area contributed by atoms with Gasteiger partial charge in [0.05, 0.1) is 49.2 Å². The molecule has 624 valence electrons. The van der Waals surface area contributed by atoms with E-state index in [1.54, 1.807) is 86.9 Å². The number of aryl methyl sites for hydroxylation is 4. The number of aliphatic hydroxyl groups is 2. The summed E-state index contributed by atoms with van der Waals surface area (Å²) in [6, 6.07) is 36.6. The molecule has 8 heterocycles. The maximum Gasteiger partial charge on any atom is 0.407 e. The average molecular weight is 1630 g/mol. The van der Waals surface area contributed by atoms with Gasteiger partial charge in [-0.1, -0.05) is 24.3 Å². The number of carbonyl (C=O) groups is 8. The lowest BCUT2D eigenvalue weighted by atomic mass is 10.00. The van der Waals surface area contributed by atoms with E-state index in [9.17, 15) is 48.6 Å². The lowest BCUT2D eigenvalue weighted by Gasteiger charge is -2.30. The number of benzene rings is 4. The zero-order valence-electron chi connectivity index (χ0n) is 68.3. The van der Waals surface area contributed by atoms with Crippen LogP contribution in [0.3, 0.4) is 0 Å². The second kappa shape index (κ2) is 42.2. The molecule has 6 amide bonds. The highest BCUT2D eigenvalue weighted by Gasteiger charge is 2.33. The first-order chi connectivity index (χ1) is 55.3. The van der Waals surface area contributed by atoms with Crippen molar-refractivity contribution in [1.29, 1.82) is 0 Å². The van der Waals surface area contributed by atoms with Gasteiger partial charge in [-0.25, -0.2) is 29.5 Å². The second-order valence-electron chi connectivity index (χ2n) is 29.5. The molecule has 8 aromatic rings. The van der Waals surface area contributed by atoms with Crippen molar-refractivity contribution in [3.8, 4) is 46.5 Å². The fourth-order valence-electron chi connectivity index (χ4n) is 13.2. The molecular weight excluding hydrogens is 1520 g/mol. The largest absolute Gasteiger partial charge is 0.465 e. The third-order valence-corrected chi connectivity index (χ3v) is 17.9. The third kappa shape index (κ3) is 26.1. The molecule has 30 nitrogen and oxygen atoms in total. The molecule has 0 aliphatic carbocycles. The number of β-amino-alcohol motifs (C(OH)–C–C–N with tert-alkyl or cyclic N) is 2. The molecular formula is C86H105ClN12O18. The van der Waals surface area contributed by atoms with Crippen LogP contribution in [-0.4, -0.2) is 142 Å². The minimum Gasteiger partial charge on any atom is -0.465 e. The minimum atomic E-state index is -0.582. The van der Waals surface area contributed by atoms with Crippen LogP contribution in [0.15, 0.2) is 121 Å². The van der Waals surface area contributed by atoms with Crippen LogP contribution in [0.5, 0.6) is 46.5 Å². The monoisotopic (exact) mass is 1630 g/mol. The minimum absolute atomic E-state index is 0. The molecule has 0 fully saturated rings. The van der Waals surface area contributed by atoms with Crippen molar-refractivity contribution in [2.75, 3.05) is 72.2 Å². The lowest BCUT2D eigenvalue weighted by molar-refractivity contribution is -0.143. The number of nitrogens with two attached hydrogens (primary N) is 2. The van der Waals surface area contributed by atoms with Gasteiger partial charge in [-0.3, -0.25) is 28.8 Å². The number of aliphatic hydroxyl groups excluding tert-OH is 2. The number of halogens is 1. The van der Waals surface area contributed by atoms with E-state index in [1.165, 1.54) is 9.80 Å². The summed E-state index contributed by atoms with van der Waals surface area (Å²) in [6.07, 6.45) is 2.54. The van der Waals surface area contributed by atoms with Crippen LogP contribution in [-0.2, 0) is 99.6 Å². The summed E-state index contributed by atoms with van der Waals surface area (Å²) in [7, 11) is 0. The van der Waals surface area contributed by atoms with E-state index in [0.29, 0.717) is 116 Å². The Kier molecular flexibility index (Phi) is 32.7. The van der Waals surface area contributed by atoms with Gasteiger partial charge in [0.25, 0.3) is 0 Å². The number of hydrogen-bond acceptors (Lipinski definition) is 24. The molecule has 4 aromatic heterocycles. The molecule has 31 heteroatoms. The quantitative estimate of drug-likeness (QED) is 0.0242. The Bertz CT molecular complexity index is 4880. The molecule has 4 aromatic carbocycles. The van der Waals surface area contributed by atoms with Crippen molar-refractivity contribution in [3.63, 3.8) is 0 Å². The van der Waals surface area contributed by atoms with E-state index in [4.69, 9.17) is 49.4 Å². The van der Waals surface area contributed by atoms with E-state index < -0.39 is 35.3 Å². The first kappa shape index (κ1) is 90.7. The smallest absolute Gasteiger partial charge is 0.407 e. The number of nitrogens with one attached hydrogen (secondary N) is 2. The number of anilines is 4. The van der Waals surface area contributed by atoms with Crippen LogP contribution in [0.25, 0.3) is 0 Å². The number of aromatic nitrogens is 4. The summed E-state index contributed by atoms with van der Waals surface area (Å²) in [6.45, 7) is 23.7. The molecule has 0 radical (unpaired) electrons. The van der Waals surface area contributed by atoms with E-state index >= 15 is 0 Å². The lowest BCUT2D eigenvalue weighted by Crippen LogP contribution is -2.39. The highest BCUT2D eigenvalue weighted by Crippen LogP contribution is 2.42. The molecule has 12 rings (SSSR count). The van der Waals surface area contributed by atoms with Gasteiger partial charge in [-0.15, -0.1) is 12.4 Å². The Morgan fingerprint density at radius 1 is 0.410 bits per heavy atom. The van der Waals surface area contributed by atoms with Gasteiger partial charge in [0, 0.05) is 134 Å². The molecule has 0 atom stereocenters. The summed E-state index contributed by atoms with van der Waals surface area (Å²) in [4.78, 5) is 121. The van der Waals surface area contributed by atoms with E-state index in [0.717, 1.165) is 78.7 Å². The average Bonchev–Trinajstić information content (AvgIpc) is 0.877. The number of ether oxygens (including phenoxy) is 8. The molecule has 117 heavy (non-hydrogen) atoms. The Morgan fingerprint density at radius 2 is 0.675 bits per heavy atom. The molecule has 0 spiro atoms. The summed E-state index contributed by atoms with van der Waals surface area (Å²) in [5.41, 5.74) is 23.4. The number of carbonyl (C=O) groups excluding carboxylic acids is 8. The van der Waals surface area contributed by atoms with Gasteiger partial charge in [0.15, 0.2) is 0 Å². The number of rotatable bonds is 24. The SMILES string of the molecule is CCOC(=O)CN1C(=O)CCc2c(Oc3cc(CN)cc(C)n3)cccc21.CCOC(=O)CN1C(=O)CCc2c(Oc3cc(CNC(=O)OC(C)(C)C)cc(C)n3)cccc21.Cc1cc(CN)cc(Oc2cccc3c2CCC(=O)N3CCO)n1.Cc1cc(CNC(=O)OC(C)(C)C)cc(Oc2cccc3c2CCC(=O)N3CCO)n1.Cl. The van der Waals surface area contributed by atoms with E-state index in [-0.39, 0.29) is 108 Å².